The molecule has 0 heterocycles. The van der Waals surface area contributed by atoms with Crippen LogP contribution < -0.4 is 11.1 Å². The molecule has 0 aliphatic rings. The number of nitrogens with one attached hydrogen (secondary N) is 1. The Bertz CT molecular complexity index is 619. The summed E-state index contributed by atoms with van der Waals surface area (Å²) in [7, 11) is -3.06. The largest absolute Gasteiger partial charge is 0.370 e. The van der Waals surface area contributed by atoms with Gasteiger partial charge in [0.05, 0.1) is 12.3 Å². The van der Waals surface area contributed by atoms with Gasteiger partial charge in [0.25, 0.3) is 0 Å². The fraction of sp³-hybridized carbons (Fsp3) is 0.611. The smallest absolute Gasteiger partial charge is 0.188 e. The van der Waals surface area contributed by atoms with Crippen LogP contribution in [0.15, 0.2) is 29.3 Å². The first-order chi connectivity index (χ1) is 11.4. The Labute approximate surface area is 169 Å². The summed E-state index contributed by atoms with van der Waals surface area (Å²) >= 11 is 0. The van der Waals surface area contributed by atoms with Crippen LogP contribution in [0, 0.1) is 0 Å². The summed E-state index contributed by atoms with van der Waals surface area (Å²) in [5.74, 6) is 0.446. The standard InChI is InChI=1S/C18H31N3O2S.HI/c1-3-4-5-6-7-10-13-20-18(19)21-14-16-11-8-9-12-17(16)15-24(2,22)23;/h8-9,11-12H,3-7,10,13-15H2,1-2H3,(H3,19,20,21);1H. The summed E-state index contributed by atoms with van der Waals surface area (Å²) in [6.07, 6.45) is 8.68. The highest BCUT2D eigenvalue weighted by Gasteiger charge is 2.08. The number of guanidine groups is 1. The van der Waals surface area contributed by atoms with E-state index in [0.717, 1.165) is 24.1 Å². The first-order valence-electron chi connectivity index (χ1n) is 8.70. The number of aliphatic imine (C=N–C) groups is 1. The van der Waals surface area contributed by atoms with Gasteiger partial charge >= 0.3 is 0 Å². The molecule has 0 fully saturated rings. The van der Waals surface area contributed by atoms with E-state index in [1.165, 1.54) is 38.4 Å². The maximum absolute atomic E-state index is 11.5. The van der Waals surface area contributed by atoms with Gasteiger partial charge in [0.15, 0.2) is 15.8 Å². The molecule has 0 aliphatic carbocycles. The number of unbranched alkanes of at least 4 members (excludes halogenated alkanes) is 5. The quantitative estimate of drug-likeness (QED) is 0.219. The molecule has 144 valence electrons. The zero-order valence-corrected chi connectivity index (χ0v) is 18.5. The maximum Gasteiger partial charge on any atom is 0.188 e. The lowest BCUT2D eigenvalue weighted by molar-refractivity contribution is 0.601. The van der Waals surface area contributed by atoms with E-state index in [1.54, 1.807) is 0 Å². The molecule has 0 amide bonds. The van der Waals surface area contributed by atoms with Gasteiger partial charge in [0, 0.05) is 12.8 Å². The minimum absolute atomic E-state index is 0. The second-order valence-electron chi connectivity index (χ2n) is 6.23. The van der Waals surface area contributed by atoms with Gasteiger partial charge in [0.2, 0.25) is 0 Å². The molecule has 25 heavy (non-hydrogen) atoms. The van der Waals surface area contributed by atoms with Gasteiger partial charge in [-0.15, -0.1) is 24.0 Å². The molecule has 0 unspecified atom stereocenters. The van der Waals surface area contributed by atoms with E-state index in [1.807, 2.05) is 24.3 Å². The van der Waals surface area contributed by atoms with Gasteiger partial charge in [0.1, 0.15) is 0 Å². The van der Waals surface area contributed by atoms with Crippen molar-refractivity contribution >= 4 is 39.8 Å². The second kappa shape index (κ2) is 13.4. The molecule has 1 aromatic carbocycles. The highest BCUT2D eigenvalue weighted by Crippen LogP contribution is 2.13. The van der Waals surface area contributed by atoms with Crippen molar-refractivity contribution in [3.05, 3.63) is 35.4 Å². The molecular formula is C18H32IN3O2S. The van der Waals surface area contributed by atoms with Gasteiger partial charge in [-0.05, 0) is 17.5 Å². The van der Waals surface area contributed by atoms with Crippen LogP contribution in [-0.4, -0.2) is 27.2 Å². The molecule has 1 rings (SSSR count). The van der Waals surface area contributed by atoms with E-state index < -0.39 is 9.84 Å². The Hall–Kier alpha value is -0.830. The van der Waals surface area contributed by atoms with Crippen molar-refractivity contribution in [3.8, 4) is 0 Å². The normalized spacial score (nSPS) is 11.8. The summed E-state index contributed by atoms with van der Waals surface area (Å²) in [5, 5.41) is 3.12. The van der Waals surface area contributed by atoms with Crippen LogP contribution in [0.25, 0.3) is 0 Å². The van der Waals surface area contributed by atoms with Crippen molar-refractivity contribution in [2.75, 3.05) is 12.8 Å². The Balaban J connectivity index is 0.00000576. The van der Waals surface area contributed by atoms with E-state index in [4.69, 9.17) is 5.73 Å². The average molecular weight is 481 g/mol. The maximum atomic E-state index is 11.5. The molecule has 0 aromatic heterocycles. The highest BCUT2D eigenvalue weighted by atomic mass is 127. The van der Waals surface area contributed by atoms with Gasteiger partial charge in [-0.3, -0.25) is 0 Å². The van der Waals surface area contributed by atoms with E-state index >= 15 is 0 Å². The lowest BCUT2D eigenvalue weighted by atomic mass is 10.1. The van der Waals surface area contributed by atoms with Crippen molar-refractivity contribution in [1.29, 1.82) is 0 Å². The molecule has 0 radical (unpaired) electrons. The lowest BCUT2D eigenvalue weighted by Gasteiger charge is -2.08. The Morgan fingerprint density at radius 1 is 1.08 bits per heavy atom. The van der Waals surface area contributed by atoms with Gasteiger partial charge in [-0.2, -0.15) is 0 Å². The first-order valence-corrected chi connectivity index (χ1v) is 10.8. The molecule has 0 aliphatic heterocycles. The van der Waals surface area contributed by atoms with Crippen molar-refractivity contribution in [2.24, 2.45) is 10.7 Å². The number of rotatable bonds is 11. The topological polar surface area (TPSA) is 84.5 Å². The third kappa shape index (κ3) is 12.2. The Morgan fingerprint density at radius 2 is 1.68 bits per heavy atom. The number of hydrogen-bond donors (Lipinski definition) is 2. The van der Waals surface area contributed by atoms with E-state index in [9.17, 15) is 8.42 Å². The molecule has 0 bridgehead atoms. The van der Waals surface area contributed by atoms with Crippen molar-refractivity contribution in [3.63, 3.8) is 0 Å². The number of nitrogens with zero attached hydrogens (tertiary/aromatic N) is 1. The minimum atomic E-state index is -3.06. The van der Waals surface area contributed by atoms with Crippen LogP contribution >= 0.6 is 24.0 Å². The van der Waals surface area contributed by atoms with Crippen LogP contribution in [0.2, 0.25) is 0 Å². The Kier molecular flexibility index (Phi) is 12.9. The number of sulfone groups is 1. The van der Waals surface area contributed by atoms with Crippen LogP contribution in [0.4, 0.5) is 0 Å². The van der Waals surface area contributed by atoms with E-state index in [-0.39, 0.29) is 29.7 Å². The molecular weight excluding hydrogens is 449 g/mol. The van der Waals surface area contributed by atoms with E-state index in [2.05, 4.69) is 17.2 Å². The van der Waals surface area contributed by atoms with Crippen LogP contribution in [0.5, 0.6) is 0 Å². The number of nitrogens with two attached hydrogens (primary N) is 1. The van der Waals surface area contributed by atoms with Crippen LogP contribution in [0.3, 0.4) is 0 Å². The SMILES string of the molecule is CCCCCCCCNC(N)=NCc1ccccc1CS(C)(=O)=O.I. The zero-order chi connectivity index (χ0) is 17.8. The first kappa shape index (κ1) is 24.2. The monoisotopic (exact) mass is 481 g/mol. The van der Waals surface area contributed by atoms with Crippen LogP contribution in [0.1, 0.15) is 56.6 Å². The molecule has 0 atom stereocenters. The molecule has 5 nitrogen and oxygen atoms in total. The summed E-state index contributed by atoms with van der Waals surface area (Å²) in [6, 6.07) is 7.45. The average Bonchev–Trinajstić information content (AvgIpc) is 2.52. The van der Waals surface area contributed by atoms with E-state index in [0.29, 0.717) is 12.5 Å². The summed E-state index contributed by atoms with van der Waals surface area (Å²) in [5.41, 5.74) is 7.56. The lowest BCUT2D eigenvalue weighted by Crippen LogP contribution is -2.32. The molecule has 7 heteroatoms. The molecule has 1 aromatic rings. The number of hydrogen-bond acceptors (Lipinski definition) is 3. The summed E-state index contributed by atoms with van der Waals surface area (Å²) in [6.45, 7) is 3.43. The third-order valence-corrected chi connectivity index (χ3v) is 4.63. The van der Waals surface area contributed by atoms with Crippen molar-refractivity contribution < 1.29 is 8.42 Å². The van der Waals surface area contributed by atoms with Gasteiger partial charge in [-0.1, -0.05) is 63.3 Å². The number of halogens is 1. The zero-order valence-electron chi connectivity index (χ0n) is 15.3. The molecule has 0 spiro atoms. The summed E-state index contributed by atoms with van der Waals surface area (Å²) < 4.78 is 23.0. The minimum Gasteiger partial charge on any atom is -0.370 e. The van der Waals surface area contributed by atoms with Crippen LogP contribution in [-0.2, 0) is 22.1 Å². The van der Waals surface area contributed by atoms with Crippen molar-refractivity contribution in [2.45, 2.75) is 57.7 Å². The predicted octanol–water partition coefficient (Wildman–Crippen LogP) is 3.61. The van der Waals surface area contributed by atoms with Gasteiger partial charge < -0.3 is 11.1 Å². The molecule has 0 saturated carbocycles. The molecule has 0 saturated heterocycles. The number of benzene rings is 1. The predicted molar refractivity (Wildman–Crippen MR) is 117 cm³/mol. The molecule has 3 N–H and O–H groups in total. The van der Waals surface area contributed by atoms with Gasteiger partial charge in [-0.25, -0.2) is 13.4 Å². The highest BCUT2D eigenvalue weighted by molar-refractivity contribution is 14.0. The van der Waals surface area contributed by atoms with Crippen molar-refractivity contribution in [1.82, 2.24) is 5.32 Å². The summed E-state index contributed by atoms with van der Waals surface area (Å²) in [4.78, 5) is 4.32. The third-order valence-electron chi connectivity index (χ3n) is 3.79. The fourth-order valence-corrected chi connectivity index (χ4v) is 3.33. The second-order valence-corrected chi connectivity index (χ2v) is 8.37. The fourth-order valence-electron chi connectivity index (χ4n) is 2.48. The Morgan fingerprint density at radius 3 is 2.32 bits per heavy atom.